The molecule has 0 spiro atoms. The van der Waals surface area contributed by atoms with Gasteiger partial charge in [-0.2, -0.15) is 0 Å². The molecule has 2 radical (unpaired) electrons. The highest BCUT2D eigenvalue weighted by atomic mass is 19.1. The maximum atomic E-state index is 13.0. The Morgan fingerprint density at radius 2 is 1.78 bits per heavy atom. The van der Waals surface area contributed by atoms with Crippen molar-refractivity contribution < 1.29 is 9.13 Å². The van der Waals surface area contributed by atoms with E-state index < -0.39 is 0 Å². The molecule has 0 saturated heterocycles. The molecule has 0 heterocycles. The SMILES string of the molecule is [CH]c1cc(Oc2cccc(F)c2)ccc1B(C)C. The van der Waals surface area contributed by atoms with E-state index in [0.29, 0.717) is 23.8 Å². The van der Waals surface area contributed by atoms with Crippen LogP contribution in [0.25, 0.3) is 0 Å². The van der Waals surface area contributed by atoms with Gasteiger partial charge in [-0.05, 0) is 36.8 Å². The molecule has 0 atom stereocenters. The molecule has 0 unspecified atom stereocenters. The fraction of sp³-hybridized carbons (Fsp3) is 0.133. The van der Waals surface area contributed by atoms with E-state index in [2.05, 4.69) is 13.6 Å². The molecular formula is C15H14BFO. The van der Waals surface area contributed by atoms with Gasteiger partial charge >= 0.3 is 0 Å². The minimum absolute atomic E-state index is 0.320. The van der Waals surface area contributed by atoms with Gasteiger partial charge in [0.05, 0.1) is 0 Å². The molecule has 0 amide bonds. The zero-order valence-corrected chi connectivity index (χ0v) is 10.5. The van der Waals surface area contributed by atoms with Gasteiger partial charge in [0.2, 0.25) is 0 Å². The summed E-state index contributed by atoms with van der Waals surface area (Å²) in [4.78, 5) is 0. The normalized spacial score (nSPS) is 10.2. The fourth-order valence-electron chi connectivity index (χ4n) is 1.81. The Kier molecular flexibility index (Phi) is 3.70. The molecule has 2 aromatic carbocycles. The van der Waals surface area contributed by atoms with Crippen molar-refractivity contribution in [3.05, 3.63) is 60.8 Å². The predicted octanol–water partition coefficient (Wildman–Crippen LogP) is 3.64. The average Bonchev–Trinajstić information content (AvgIpc) is 2.28. The van der Waals surface area contributed by atoms with E-state index in [9.17, 15) is 4.39 Å². The van der Waals surface area contributed by atoms with Gasteiger partial charge in [-0.1, -0.05) is 31.2 Å². The van der Waals surface area contributed by atoms with E-state index in [0.717, 1.165) is 5.46 Å². The van der Waals surface area contributed by atoms with Crippen LogP contribution >= 0.6 is 0 Å². The van der Waals surface area contributed by atoms with Gasteiger partial charge < -0.3 is 4.74 Å². The first-order valence-electron chi connectivity index (χ1n) is 5.89. The number of halogens is 1. The first-order chi connectivity index (χ1) is 8.56. The topological polar surface area (TPSA) is 9.23 Å². The minimum atomic E-state index is -0.320. The second kappa shape index (κ2) is 5.26. The quantitative estimate of drug-likeness (QED) is 0.744. The summed E-state index contributed by atoms with van der Waals surface area (Å²) in [5.74, 6) is 0.758. The molecule has 90 valence electrons. The van der Waals surface area contributed by atoms with Crippen LogP contribution in [0.3, 0.4) is 0 Å². The van der Waals surface area contributed by atoms with Gasteiger partial charge in [0.25, 0.3) is 0 Å². The molecule has 0 aliphatic carbocycles. The summed E-state index contributed by atoms with van der Waals surface area (Å²) in [6.45, 7) is 10.5. The zero-order chi connectivity index (χ0) is 13.1. The monoisotopic (exact) mass is 240 g/mol. The van der Waals surface area contributed by atoms with Crippen molar-refractivity contribution >= 4 is 12.2 Å². The number of benzene rings is 2. The van der Waals surface area contributed by atoms with Crippen LogP contribution in [0.2, 0.25) is 13.6 Å². The first kappa shape index (κ1) is 12.7. The van der Waals surface area contributed by atoms with Crippen LogP contribution in [0, 0.1) is 12.7 Å². The van der Waals surface area contributed by atoms with Crippen LogP contribution in [0.1, 0.15) is 5.56 Å². The first-order valence-corrected chi connectivity index (χ1v) is 5.89. The summed E-state index contributed by atoms with van der Waals surface area (Å²) in [6, 6.07) is 11.6. The minimum Gasteiger partial charge on any atom is -0.457 e. The highest BCUT2D eigenvalue weighted by Gasteiger charge is 2.08. The third-order valence-electron chi connectivity index (χ3n) is 2.71. The average molecular weight is 240 g/mol. The number of hydrogen-bond acceptors (Lipinski definition) is 1. The summed E-state index contributed by atoms with van der Waals surface area (Å²) in [5, 5.41) is 0. The number of rotatable bonds is 3. The molecule has 0 aliphatic rings. The van der Waals surface area contributed by atoms with Crippen molar-refractivity contribution in [2.24, 2.45) is 0 Å². The second-order valence-corrected chi connectivity index (χ2v) is 4.50. The van der Waals surface area contributed by atoms with Gasteiger partial charge in [0.15, 0.2) is 6.71 Å². The van der Waals surface area contributed by atoms with Crippen molar-refractivity contribution in [3.8, 4) is 11.5 Å². The Labute approximate surface area is 108 Å². The summed E-state index contributed by atoms with van der Waals surface area (Å²) in [6.07, 6.45) is 0. The molecule has 0 N–H and O–H groups in total. The Balaban J connectivity index is 2.23. The smallest absolute Gasteiger partial charge is 0.169 e. The third-order valence-corrected chi connectivity index (χ3v) is 2.71. The van der Waals surface area contributed by atoms with Gasteiger partial charge in [-0.3, -0.25) is 0 Å². The fourth-order valence-corrected chi connectivity index (χ4v) is 1.81. The van der Waals surface area contributed by atoms with Gasteiger partial charge in [-0.25, -0.2) is 4.39 Å². The van der Waals surface area contributed by atoms with Crippen LogP contribution in [-0.4, -0.2) is 6.71 Å². The highest BCUT2D eigenvalue weighted by molar-refractivity contribution is 6.71. The zero-order valence-electron chi connectivity index (χ0n) is 10.5. The Morgan fingerprint density at radius 1 is 1.06 bits per heavy atom. The lowest BCUT2D eigenvalue weighted by molar-refractivity contribution is 0.476. The summed E-state index contributed by atoms with van der Waals surface area (Å²) < 4.78 is 18.6. The van der Waals surface area contributed by atoms with E-state index in [1.807, 2.05) is 12.1 Å². The maximum absolute atomic E-state index is 13.0. The molecule has 18 heavy (non-hydrogen) atoms. The molecule has 0 fully saturated rings. The van der Waals surface area contributed by atoms with Crippen LogP contribution < -0.4 is 10.2 Å². The highest BCUT2D eigenvalue weighted by Crippen LogP contribution is 2.22. The summed E-state index contributed by atoms with van der Waals surface area (Å²) in [5.41, 5.74) is 1.78. The van der Waals surface area contributed by atoms with Crippen molar-refractivity contribution in [1.82, 2.24) is 0 Å². The van der Waals surface area contributed by atoms with Gasteiger partial charge in [0, 0.05) is 6.07 Å². The van der Waals surface area contributed by atoms with Crippen molar-refractivity contribution in [2.45, 2.75) is 13.6 Å². The summed E-state index contributed by atoms with van der Waals surface area (Å²) in [7, 11) is 0. The Hall–Kier alpha value is -1.77. The van der Waals surface area contributed by atoms with Gasteiger partial charge in [-0.15, -0.1) is 0 Å². The summed E-state index contributed by atoms with van der Waals surface area (Å²) >= 11 is 0. The maximum Gasteiger partial charge on any atom is 0.169 e. The molecule has 2 aromatic rings. The molecular weight excluding hydrogens is 226 g/mol. The van der Waals surface area contributed by atoms with Crippen LogP contribution in [0.15, 0.2) is 42.5 Å². The van der Waals surface area contributed by atoms with E-state index in [-0.39, 0.29) is 5.82 Å². The van der Waals surface area contributed by atoms with Crippen LogP contribution in [0.5, 0.6) is 11.5 Å². The van der Waals surface area contributed by atoms with Gasteiger partial charge in [0.1, 0.15) is 17.3 Å². The van der Waals surface area contributed by atoms with E-state index in [4.69, 9.17) is 11.7 Å². The molecule has 0 bridgehead atoms. The number of ether oxygens (including phenoxy) is 1. The van der Waals surface area contributed by atoms with E-state index >= 15 is 0 Å². The molecule has 1 nitrogen and oxygen atoms in total. The Morgan fingerprint density at radius 3 is 2.39 bits per heavy atom. The van der Waals surface area contributed by atoms with Crippen molar-refractivity contribution in [3.63, 3.8) is 0 Å². The molecule has 0 aromatic heterocycles. The van der Waals surface area contributed by atoms with E-state index in [1.54, 1.807) is 18.2 Å². The second-order valence-electron chi connectivity index (χ2n) is 4.50. The lowest BCUT2D eigenvalue weighted by Gasteiger charge is -2.10. The molecule has 0 aliphatic heterocycles. The van der Waals surface area contributed by atoms with Crippen molar-refractivity contribution in [1.29, 1.82) is 0 Å². The van der Waals surface area contributed by atoms with Crippen LogP contribution in [-0.2, 0) is 0 Å². The Bertz CT molecular complexity index is 552. The molecule has 2 rings (SSSR count). The largest absolute Gasteiger partial charge is 0.457 e. The molecule has 3 heteroatoms. The predicted molar refractivity (Wildman–Crippen MR) is 73.4 cm³/mol. The lowest BCUT2D eigenvalue weighted by Crippen LogP contribution is -2.25. The van der Waals surface area contributed by atoms with Crippen molar-refractivity contribution in [2.75, 3.05) is 0 Å². The third kappa shape index (κ3) is 2.92. The van der Waals surface area contributed by atoms with Crippen LogP contribution in [0.4, 0.5) is 4.39 Å². The standard InChI is InChI=1S/C15H14BFO/c1-11-9-14(7-8-15(11)16(2)3)18-13-6-4-5-12(17)10-13/h1,4-10H,2-3H3. The molecule has 0 saturated carbocycles. The lowest BCUT2D eigenvalue weighted by atomic mass is 9.48. The van der Waals surface area contributed by atoms with E-state index in [1.165, 1.54) is 12.1 Å². The number of hydrogen-bond donors (Lipinski definition) is 0.